The summed E-state index contributed by atoms with van der Waals surface area (Å²) in [6, 6.07) is 18.0. The van der Waals surface area contributed by atoms with E-state index in [0.29, 0.717) is 46.5 Å². The van der Waals surface area contributed by atoms with Crippen molar-refractivity contribution in [2.75, 3.05) is 6.54 Å². The van der Waals surface area contributed by atoms with Gasteiger partial charge in [-0.2, -0.15) is 5.26 Å². The van der Waals surface area contributed by atoms with E-state index in [1.165, 1.54) is 0 Å². The van der Waals surface area contributed by atoms with E-state index in [-0.39, 0.29) is 23.7 Å². The molecule has 0 spiro atoms. The number of rotatable bonds is 5. The second kappa shape index (κ2) is 9.58. The standard InChI is InChI=1S/C35H29FN6O/c1-18-15-39-29(17-38-18)32-26-10-19(2)42(34-22-13-28(34)40-16-22)35(26)27-12-21(7-5-9-37)30(31(36)33(27)41-32)25-14-23(43)11-20-6-3-4-8-24(20)25/h3-4,6,8,10-12,14-15,17,22,28,34,40,43H,5,7,13,16H2,1-2H3/t22-,28-,34+/m1/s1. The number of aromatic hydroxyl groups is 1. The van der Waals surface area contributed by atoms with Crippen LogP contribution < -0.4 is 5.32 Å². The van der Waals surface area contributed by atoms with E-state index in [1.54, 1.807) is 24.5 Å². The summed E-state index contributed by atoms with van der Waals surface area (Å²) in [6.45, 7) is 4.97. The molecule has 3 aliphatic rings. The molecule has 9 rings (SSSR count). The fourth-order valence-corrected chi connectivity index (χ4v) is 7.38. The first-order valence-corrected chi connectivity index (χ1v) is 14.7. The maximum Gasteiger partial charge on any atom is 0.157 e. The van der Waals surface area contributed by atoms with Gasteiger partial charge in [-0.15, -0.1) is 0 Å². The third kappa shape index (κ3) is 3.85. The summed E-state index contributed by atoms with van der Waals surface area (Å²) in [6.07, 6.45) is 5.15. The lowest BCUT2D eigenvalue weighted by molar-refractivity contribution is 0.223. The second-order valence-corrected chi connectivity index (χ2v) is 11.9. The monoisotopic (exact) mass is 568 g/mol. The van der Waals surface area contributed by atoms with Gasteiger partial charge >= 0.3 is 0 Å². The molecular formula is C35H29FN6O. The number of hydrogen-bond donors (Lipinski definition) is 2. The number of nitriles is 1. The first kappa shape index (κ1) is 25.8. The number of benzene rings is 3. The fraction of sp³-hybridized carbons (Fsp3) is 0.257. The minimum atomic E-state index is -0.468. The van der Waals surface area contributed by atoms with E-state index in [4.69, 9.17) is 4.98 Å². The number of aryl methyl sites for hydroxylation is 3. The lowest BCUT2D eigenvalue weighted by Crippen LogP contribution is -2.39. The highest BCUT2D eigenvalue weighted by Crippen LogP contribution is 2.49. The van der Waals surface area contributed by atoms with E-state index in [1.807, 2.05) is 37.3 Å². The number of nitrogens with zero attached hydrogens (tertiary/aromatic N) is 5. The van der Waals surface area contributed by atoms with E-state index in [0.717, 1.165) is 51.4 Å². The van der Waals surface area contributed by atoms with Crippen LogP contribution in [0.5, 0.6) is 5.75 Å². The minimum Gasteiger partial charge on any atom is -0.508 e. The third-order valence-electron chi connectivity index (χ3n) is 9.32. The van der Waals surface area contributed by atoms with Crippen molar-refractivity contribution >= 4 is 32.6 Å². The lowest BCUT2D eigenvalue weighted by Gasteiger charge is -2.37. The first-order valence-electron chi connectivity index (χ1n) is 14.7. The molecule has 2 saturated heterocycles. The van der Waals surface area contributed by atoms with Crippen molar-refractivity contribution in [1.29, 1.82) is 5.26 Å². The Bertz CT molecular complexity index is 2130. The van der Waals surface area contributed by atoms with Gasteiger partial charge in [0, 0.05) is 47.2 Å². The first-order chi connectivity index (χ1) is 20.9. The van der Waals surface area contributed by atoms with Crippen LogP contribution in [0.3, 0.4) is 0 Å². The molecule has 1 aliphatic carbocycles. The lowest BCUT2D eigenvalue weighted by atomic mass is 9.79. The minimum absolute atomic E-state index is 0.0518. The van der Waals surface area contributed by atoms with Gasteiger partial charge in [0.15, 0.2) is 5.82 Å². The zero-order chi connectivity index (χ0) is 29.4. The number of fused-ring (bicyclic) bond motifs is 5. The molecule has 2 aliphatic heterocycles. The number of hydrogen-bond acceptors (Lipinski definition) is 6. The predicted molar refractivity (Wildman–Crippen MR) is 165 cm³/mol. The molecule has 5 heterocycles. The summed E-state index contributed by atoms with van der Waals surface area (Å²) in [7, 11) is 0. The molecule has 43 heavy (non-hydrogen) atoms. The maximum absolute atomic E-state index is 17.3. The zero-order valence-electron chi connectivity index (χ0n) is 23.9. The molecule has 2 N–H and O–H groups in total. The van der Waals surface area contributed by atoms with Crippen LogP contribution >= 0.6 is 0 Å². The van der Waals surface area contributed by atoms with Crippen LogP contribution in [0.2, 0.25) is 0 Å². The van der Waals surface area contributed by atoms with Crippen LogP contribution in [0.25, 0.3) is 55.1 Å². The van der Waals surface area contributed by atoms with Gasteiger partial charge in [-0.25, -0.2) is 9.37 Å². The Morgan fingerprint density at radius 1 is 1.07 bits per heavy atom. The largest absolute Gasteiger partial charge is 0.508 e. The van der Waals surface area contributed by atoms with Gasteiger partial charge in [0.1, 0.15) is 22.7 Å². The summed E-state index contributed by atoms with van der Waals surface area (Å²) in [5.41, 5.74) is 5.90. The SMILES string of the molecule is Cc1cnc(-c2nc3c(F)c(-c4cc(O)cc5ccccc45)c(CCC#N)cc3c3c2cc(C)n3[C@H]2[C@H]3CN[C@@H]2C3)cn1. The van der Waals surface area contributed by atoms with Crippen LogP contribution in [0, 0.1) is 36.9 Å². The van der Waals surface area contributed by atoms with Crippen molar-refractivity contribution < 1.29 is 9.50 Å². The number of halogens is 1. The molecule has 8 heteroatoms. The molecule has 3 aromatic carbocycles. The van der Waals surface area contributed by atoms with E-state index in [9.17, 15) is 10.4 Å². The van der Waals surface area contributed by atoms with Crippen molar-refractivity contribution in [3.63, 3.8) is 0 Å². The average Bonchev–Trinajstić information content (AvgIpc) is 3.73. The Balaban J connectivity index is 1.51. The van der Waals surface area contributed by atoms with Crippen LogP contribution in [0.4, 0.5) is 4.39 Å². The van der Waals surface area contributed by atoms with E-state index >= 15 is 4.39 Å². The van der Waals surface area contributed by atoms with Gasteiger partial charge in [0.2, 0.25) is 0 Å². The Labute approximate surface area is 247 Å². The number of phenolic OH excluding ortho intramolecular Hbond substituents is 1. The Hall–Kier alpha value is -4.87. The Kier molecular flexibility index (Phi) is 5.75. The molecule has 0 radical (unpaired) electrons. The maximum atomic E-state index is 17.3. The van der Waals surface area contributed by atoms with Crippen molar-refractivity contribution in [2.24, 2.45) is 5.92 Å². The number of phenols is 1. The molecule has 0 unspecified atom stereocenters. The highest BCUT2D eigenvalue weighted by Gasteiger charge is 2.48. The molecule has 0 amide bonds. The number of nitrogens with one attached hydrogen (secondary N) is 1. The number of aromatic nitrogens is 4. The zero-order valence-corrected chi connectivity index (χ0v) is 23.9. The summed E-state index contributed by atoms with van der Waals surface area (Å²) >= 11 is 0. The fourth-order valence-electron chi connectivity index (χ4n) is 7.38. The topological polar surface area (TPSA) is 99.7 Å². The van der Waals surface area contributed by atoms with Crippen LogP contribution in [-0.4, -0.2) is 37.2 Å². The molecule has 6 aromatic rings. The molecule has 3 fully saturated rings. The quantitative estimate of drug-likeness (QED) is 0.234. The molecule has 3 atom stereocenters. The average molecular weight is 569 g/mol. The van der Waals surface area contributed by atoms with E-state index < -0.39 is 5.82 Å². The molecule has 1 saturated carbocycles. The molecule has 7 nitrogen and oxygen atoms in total. The molecule has 212 valence electrons. The number of pyridine rings is 1. The molecule has 2 bridgehead atoms. The van der Waals surface area contributed by atoms with Gasteiger partial charge in [-0.1, -0.05) is 24.3 Å². The van der Waals surface area contributed by atoms with Gasteiger partial charge in [0.25, 0.3) is 0 Å². The summed E-state index contributed by atoms with van der Waals surface area (Å²) < 4.78 is 19.7. The van der Waals surface area contributed by atoms with Crippen LogP contribution in [0.15, 0.2) is 60.9 Å². The summed E-state index contributed by atoms with van der Waals surface area (Å²) in [5, 5.41) is 27.1. The highest BCUT2D eigenvalue weighted by atomic mass is 19.1. The van der Waals surface area contributed by atoms with Gasteiger partial charge < -0.3 is 15.0 Å². The van der Waals surface area contributed by atoms with Gasteiger partial charge in [-0.3, -0.25) is 9.97 Å². The summed E-state index contributed by atoms with van der Waals surface area (Å²) in [4.78, 5) is 14.1. The van der Waals surface area contributed by atoms with Crippen LogP contribution in [0.1, 0.15) is 35.8 Å². The van der Waals surface area contributed by atoms with Crippen molar-refractivity contribution in [3.05, 3.63) is 83.7 Å². The smallest absolute Gasteiger partial charge is 0.157 e. The Morgan fingerprint density at radius 2 is 1.93 bits per heavy atom. The Morgan fingerprint density at radius 3 is 2.67 bits per heavy atom. The second-order valence-electron chi connectivity index (χ2n) is 11.9. The van der Waals surface area contributed by atoms with E-state index in [2.05, 4.69) is 38.9 Å². The third-order valence-corrected chi connectivity index (χ3v) is 9.32. The molecule has 3 aromatic heterocycles. The normalized spacial score (nSPS) is 19.3. The van der Waals surface area contributed by atoms with Gasteiger partial charge in [0.05, 0.1) is 29.5 Å². The molecular weight excluding hydrogens is 539 g/mol. The van der Waals surface area contributed by atoms with Crippen LogP contribution in [-0.2, 0) is 6.42 Å². The van der Waals surface area contributed by atoms with Crippen molar-refractivity contribution in [3.8, 4) is 34.3 Å². The predicted octanol–water partition coefficient (Wildman–Crippen LogP) is 6.92. The van der Waals surface area contributed by atoms with Gasteiger partial charge in [-0.05, 0) is 78.8 Å². The van der Waals surface area contributed by atoms with Crippen molar-refractivity contribution in [2.45, 2.75) is 45.2 Å². The summed E-state index contributed by atoms with van der Waals surface area (Å²) in [5.74, 6) is 0.103. The highest BCUT2D eigenvalue weighted by molar-refractivity contribution is 6.12. The van der Waals surface area contributed by atoms with Crippen molar-refractivity contribution in [1.82, 2.24) is 24.8 Å².